The highest BCUT2D eigenvalue weighted by molar-refractivity contribution is 5.98. The Hall–Kier alpha value is -1.64. The van der Waals surface area contributed by atoms with Gasteiger partial charge in [0, 0.05) is 23.6 Å². The van der Waals surface area contributed by atoms with Crippen LogP contribution in [0.25, 0.3) is 0 Å². The highest BCUT2D eigenvalue weighted by Gasteiger charge is 2.10. The van der Waals surface area contributed by atoms with Crippen molar-refractivity contribution in [2.24, 2.45) is 5.92 Å². The van der Waals surface area contributed by atoms with Crippen LogP contribution in [-0.2, 0) is 4.79 Å². The van der Waals surface area contributed by atoms with Gasteiger partial charge in [-0.15, -0.1) is 0 Å². The molecule has 0 aliphatic carbocycles. The van der Waals surface area contributed by atoms with Gasteiger partial charge in [0.05, 0.1) is 0 Å². The molecule has 0 spiro atoms. The molecular weight excluding hydrogens is 262 g/mol. The number of benzene rings is 1. The molecule has 1 aromatic carbocycles. The molecule has 0 aliphatic heterocycles. The highest BCUT2D eigenvalue weighted by Crippen LogP contribution is 2.14. The van der Waals surface area contributed by atoms with Gasteiger partial charge >= 0.3 is 0 Å². The molecule has 0 fully saturated rings. The largest absolute Gasteiger partial charge is 0.326 e. The first-order valence-corrected chi connectivity index (χ1v) is 7.98. The molecule has 0 unspecified atom stereocenters. The first kappa shape index (κ1) is 17.4. The summed E-state index contributed by atoms with van der Waals surface area (Å²) in [4.78, 5) is 23.6. The van der Waals surface area contributed by atoms with E-state index >= 15 is 0 Å². The quantitative estimate of drug-likeness (QED) is 0.523. The number of unbranched alkanes of at least 4 members (excludes halogenated alkanes) is 4. The van der Waals surface area contributed by atoms with Gasteiger partial charge in [-0.2, -0.15) is 0 Å². The maximum absolute atomic E-state index is 11.8. The number of hydrogen-bond acceptors (Lipinski definition) is 2. The van der Waals surface area contributed by atoms with Gasteiger partial charge in [0.1, 0.15) is 0 Å². The van der Waals surface area contributed by atoms with E-state index in [0.29, 0.717) is 12.0 Å². The van der Waals surface area contributed by atoms with E-state index in [9.17, 15) is 9.59 Å². The summed E-state index contributed by atoms with van der Waals surface area (Å²) < 4.78 is 0. The third-order valence-electron chi connectivity index (χ3n) is 3.48. The van der Waals surface area contributed by atoms with Gasteiger partial charge in [0.2, 0.25) is 5.91 Å². The van der Waals surface area contributed by atoms with Crippen LogP contribution in [0.4, 0.5) is 5.69 Å². The predicted molar refractivity (Wildman–Crippen MR) is 87.6 cm³/mol. The third-order valence-corrected chi connectivity index (χ3v) is 3.48. The summed E-state index contributed by atoms with van der Waals surface area (Å²) in [6.07, 6.45) is 6.28. The molecule has 0 aromatic heterocycles. The maximum atomic E-state index is 11.8. The smallest absolute Gasteiger partial charge is 0.224 e. The lowest BCUT2D eigenvalue weighted by molar-refractivity contribution is -0.116. The minimum atomic E-state index is -0.00596. The van der Waals surface area contributed by atoms with Crippen LogP contribution in [0, 0.1) is 5.92 Å². The second-order valence-corrected chi connectivity index (χ2v) is 5.81. The molecule has 116 valence electrons. The zero-order chi connectivity index (χ0) is 15.7. The van der Waals surface area contributed by atoms with Crippen LogP contribution in [0.15, 0.2) is 24.3 Å². The molecule has 0 aliphatic rings. The minimum absolute atomic E-state index is 0.00596. The van der Waals surface area contributed by atoms with E-state index in [0.717, 1.165) is 18.5 Å². The molecule has 1 amide bonds. The van der Waals surface area contributed by atoms with E-state index in [2.05, 4.69) is 12.2 Å². The Morgan fingerprint density at radius 3 is 2.19 bits per heavy atom. The Kier molecular flexibility index (Phi) is 7.73. The number of amides is 1. The standard InChI is InChI=1S/C18H27NO2/c1-4-5-6-7-8-9-17(20)19-16-12-10-15(11-13-16)18(21)14(2)3/h10-14H,4-9H2,1-3H3,(H,19,20). The normalized spacial score (nSPS) is 10.7. The van der Waals surface area contributed by atoms with Crippen LogP contribution >= 0.6 is 0 Å². The number of ketones is 1. The third kappa shape index (κ3) is 6.56. The van der Waals surface area contributed by atoms with Crippen molar-refractivity contribution in [2.75, 3.05) is 5.32 Å². The van der Waals surface area contributed by atoms with E-state index in [1.807, 2.05) is 13.8 Å². The fraction of sp³-hybridized carbons (Fsp3) is 0.556. The molecular formula is C18H27NO2. The van der Waals surface area contributed by atoms with E-state index in [1.54, 1.807) is 24.3 Å². The minimum Gasteiger partial charge on any atom is -0.326 e. The topological polar surface area (TPSA) is 46.2 Å². The SMILES string of the molecule is CCCCCCCC(=O)Nc1ccc(C(=O)C(C)C)cc1. The molecule has 21 heavy (non-hydrogen) atoms. The van der Waals surface area contributed by atoms with Gasteiger partial charge in [0.15, 0.2) is 5.78 Å². The van der Waals surface area contributed by atoms with Gasteiger partial charge in [-0.3, -0.25) is 9.59 Å². The Bertz CT molecular complexity index is 449. The summed E-state index contributed by atoms with van der Waals surface area (Å²) in [6, 6.07) is 7.15. The lowest BCUT2D eigenvalue weighted by Gasteiger charge is -2.07. The molecule has 1 aromatic rings. The molecule has 0 bridgehead atoms. The second kappa shape index (κ2) is 9.32. The van der Waals surface area contributed by atoms with Gasteiger partial charge in [0.25, 0.3) is 0 Å². The number of hydrogen-bond donors (Lipinski definition) is 1. The van der Waals surface area contributed by atoms with Gasteiger partial charge in [-0.1, -0.05) is 46.5 Å². The molecule has 0 saturated carbocycles. The first-order chi connectivity index (χ1) is 10.0. The van der Waals surface area contributed by atoms with E-state index in [4.69, 9.17) is 0 Å². The van der Waals surface area contributed by atoms with Crippen LogP contribution in [0.1, 0.15) is 69.7 Å². The van der Waals surface area contributed by atoms with Crippen molar-refractivity contribution in [1.82, 2.24) is 0 Å². The van der Waals surface area contributed by atoms with Gasteiger partial charge in [-0.25, -0.2) is 0 Å². The fourth-order valence-electron chi connectivity index (χ4n) is 2.16. The van der Waals surface area contributed by atoms with Crippen LogP contribution in [0.2, 0.25) is 0 Å². The molecule has 0 heterocycles. The zero-order valence-electron chi connectivity index (χ0n) is 13.4. The molecule has 1 N–H and O–H groups in total. The average Bonchev–Trinajstić information content (AvgIpc) is 2.47. The van der Waals surface area contributed by atoms with E-state index in [1.165, 1.54) is 19.3 Å². The Balaban J connectivity index is 2.38. The lowest BCUT2D eigenvalue weighted by Crippen LogP contribution is -2.12. The van der Waals surface area contributed by atoms with E-state index < -0.39 is 0 Å². The molecule has 3 heteroatoms. The average molecular weight is 289 g/mol. The number of nitrogens with one attached hydrogen (secondary N) is 1. The van der Waals surface area contributed by atoms with Gasteiger partial charge < -0.3 is 5.32 Å². The Morgan fingerprint density at radius 1 is 1.00 bits per heavy atom. The number of carbonyl (C=O) groups excluding carboxylic acids is 2. The summed E-state index contributed by atoms with van der Waals surface area (Å²) in [5.74, 6) is 0.173. The van der Waals surface area contributed by atoms with Crippen LogP contribution in [-0.4, -0.2) is 11.7 Å². The Morgan fingerprint density at radius 2 is 1.62 bits per heavy atom. The summed E-state index contributed by atoms with van der Waals surface area (Å²) in [5, 5.41) is 2.88. The summed E-state index contributed by atoms with van der Waals surface area (Å²) in [5.41, 5.74) is 1.46. The number of rotatable bonds is 9. The number of Topliss-reactive ketones (excluding diaryl/α,β-unsaturated/α-hetero) is 1. The van der Waals surface area contributed by atoms with Crippen molar-refractivity contribution in [3.63, 3.8) is 0 Å². The summed E-state index contributed by atoms with van der Waals surface area (Å²) >= 11 is 0. The molecule has 0 saturated heterocycles. The van der Waals surface area contributed by atoms with Crippen molar-refractivity contribution in [3.8, 4) is 0 Å². The highest BCUT2D eigenvalue weighted by atomic mass is 16.1. The van der Waals surface area contributed by atoms with Crippen molar-refractivity contribution in [2.45, 2.75) is 59.3 Å². The summed E-state index contributed by atoms with van der Waals surface area (Å²) in [7, 11) is 0. The van der Waals surface area contributed by atoms with Crippen LogP contribution in [0.3, 0.4) is 0 Å². The molecule has 3 nitrogen and oxygen atoms in total. The van der Waals surface area contributed by atoms with Crippen molar-refractivity contribution >= 4 is 17.4 Å². The second-order valence-electron chi connectivity index (χ2n) is 5.81. The Labute approximate surface area is 128 Å². The predicted octanol–water partition coefficient (Wildman–Crippen LogP) is 4.82. The van der Waals surface area contributed by atoms with E-state index in [-0.39, 0.29) is 17.6 Å². The van der Waals surface area contributed by atoms with Crippen molar-refractivity contribution < 1.29 is 9.59 Å². The molecule has 1 rings (SSSR count). The summed E-state index contributed by atoms with van der Waals surface area (Å²) in [6.45, 7) is 5.95. The molecule has 0 atom stereocenters. The number of anilines is 1. The number of carbonyl (C=O) groups is 2. The fourth-order valence-corrected chi connectivity index (χ4v) is 2.16. The van der Waals surface area contributed by atoms with Crippen molar-refractivity contribution in [1.29, 1.82) is 0 Å². The maximum Gasteiger partial charge on any atom is 0.224 e. The van der Waals surface area contributed by atoms with Crippen molar-refractivity contribution in [3.05, 3.63) is 29.8 Å². The monoisotopic (exact) mass is 289 g/mol. The zero-order valence-corrected chi connectivity index (χ0v) is 13.4. The lowest BCUT2D eigenvalue weighted by atomic mass is 10.0. The van der Waals surface area contributed by atoms with Crippen LogP contribution in [0.5, 0.6) is 0 Å². The van der Waals surface area contributed by atoms with Crippen LogP contribution < -0.4 is 5.32 Å². The molecule has 0 radical (unpaired) electrons. The first-order valence-electron chi connectivity index (χ1n) is 7.98. The van der Waals surface area contributed by atoms with Gasteiger partial charge in [-0.05, 0) is 30.7 Å².